The second kappa shape index (κ2) is 5.63. The molecule has 4 rings (SSSR count). The molecule has 0 radical (unpaired) electrons. The molecule has 4 fully saturated rings. The fourth-order valence-corrected chi connectivity index (χ4v) is 7.16. The third-order valence-electron chi connectivity index (χ3n) is 8.67. The molecular formula is C21H30O5. The summed E-state index contributed by atoms with van der Waals surface area (Å²) in [7, 11) is 0. The highest BCUT2D eigenvalue weighted by atomic mass is 16.6. The van der Waals surface area contributed by atoms with Crippen LogP contribution in [0.1, 0.15) is 72.1 Å². The first-order valence-electron chi connectivity index (χ1n) is 10.1. The first-order valence-corrected chi connectivity index (χ1v) is 10.1. The molecule has 0 bridgehead atoms. The van der Waals surface area contributed by atoms with Crippen LogP contribution in [0.2, 0.25) is 0 Å². The second-order valence-electron chi connectivity index (χ2n) is 9.69. The molecule has 26 heavy (non-hydrogen) atoms. The van der Waals surface area contributed by atoms with Gasteiger partial charge in [0.1, 0.15) is 23.3 Å². The van der Waals surface area contributed by atoms with Gasteiger partial charge in [-0.1, -0.05) is 13.8 Å². The van der Waals surface area contributed by atoms with Gasteiger partial charge in [0.05, 0.1) is 0 Å². The van der Waals surface area contributed by atoms with Crippen molar-refractivity contribution in [3.8, 4) is 0 Å². The summed E-state index contributed by atoms with van der Waals surface area (Å²) in [4.78, 5) is 36.5. The van der Waals surface area contributed by atoms with E-state index in [2.05, 4.69) is 13.8 Å². The Hall–Kier alpha value is -1.23. The topological polar surface area (TPSA) is 80.7 Å². The van der Waals surface area contributed by atoms with Gasteiger partial charge in [0.2, 0.25) is 0 Å². The highest BCUT2D eigenvalue weighted by Crippen LogP contribution is 2.66. The lowest BCUT2D eigenvalue weighted by atomic mass is 9.43. The summed E-state index contributed by atoms with van der Waals surface area (Å²) < 4.78 is 5.61. The molecule has 4 aliphatic carbocycles. The van der Waals surface area contributed by atoms with Gasteiger partial charge in [-0.3, -0.25) is 14.4 Å². The molecule has 7 unspecified atom stereocenters. The number of hydrogen-bond acceptors (Lipinski definition) is 5. The second-order valence-corrected chi connectivity index (χ2v) is 9.69. The maximum atomic E-state index is 12.6. The van der Waals surface area contributed by atoms with Crippen molar-refractivity contribution in [2.24, 2.45) is 28.6 Å². The maximum absolute atomic E-state index is 12.6. The summed E-state index contributed by atoms with van der Waals surface area (Å²) in [6, 6.07) is 0. The Balaban J connectivity index is 1.76. The fraction of sp³-hybridized carbons (Fsp3) is 0.857. The van der Waals surface area contributed by atoms with E-state index in [1.165, 1.54) is 6.92 Å². The summed E-state index contributed by atoms with van der Waals surface area (Å²) >= 11 is 0. The zero-order chi connectivity index (χ0) is 18.9. The highest BCUT2D eigenvalue weighted by molar-refractivity contribution is 5.87. The number of Topliss-reactive ketones (excluding diaryl/α,β-unsaturated/α-hetero) is 2. The van der Waals surface area contributed by atoms with Crippen molar-refractivity contribution in [1.82, 2.24) is 0 Å². The number of hydrogen-bond donors (Lipinski definition) is 1. The first-order chi connectivity index (χ1) is 12.1. The van der Waals surface area contributed by atoms with Crippen molar-refractivity contribution in [2.75, 3.05) is 0 Å². The zero-order valence-electron chi connectivity index (χ0n) is 16.0. The molecule has 0 aromatic rings. The third kappa shape index (κ3) is 2.22. The van der Waals surface area contributed by atoms with Gasteiger partial charge in [-0.25, -0.2) is 0 Å². The van der Waals surface area contributed by atoms with Crippen LogP contribution in [0.25, 0.3) is 0 Å². The minimum absolute atomic E-state index is 0.0530. The Morgan fingerprint density at radius 3 is 2.54 bits per heavy atom. The lowest BCUT2D eigenvalue weighted by Gasteiger charge is -2.64. The number of rotatable bonds is 1. The molecule has 0 aliphatic heterocycles. The summed E-state index contributed by atoms with van der Waals surface area (Å²) in [6.07, 6.45) is 4.42. The molecule has 0 aromatic heterocycles. The normalized spacial score (nSPS) is 50.6. The molecule has 7 atom stereocenters. The van der Waals surface area contributed by atoms with Crippen molar-refractivity contribution >= 4 is 17.5 Å². The van der Waals surface area contributed by atoms with E-state index < -0.39 is 23.1 Å². The molecule has 0 spiro atoms. The fourth-order valence-electron chi connectivity index (χ4n) is 7.16. The smallest absolute Gasteiger partial charge is 0.303 e. The predicted molar refractivity (Wildman–Crippen MR) is 94.1 cm³/mol. The lowest BCUT2D eigenvalue weighted by molar-refractivity contribution is -0.253. The van der Waals surface area contributed by atoms with Crippen molar-refractivity contribution in [3.05, 3.63) is 0 Å². The Labute approximate surface area is 154 Å². The predicted octanol–water partition coefficient (Wildman–Crippen LogP) is 2.82. The molecule has 0 amide bonds. The molecule has 1 N–H and O–H groups in total. The molecule has 5 heteroatoms. The van der Waals surface area contributed by atoms with Crippen molar-refractivity contribution in [1.29, 1.82) is 0 Å². The Morgan fingerprint density at radius 2 is 1.85 bits per heavy atom. The van der Waals surface area contributed by atoms with Crippen molar-refractivity contribution in [3.63, 3.8) is 0 Å². The van der Waals surface area contributed by atoms with Gasteiger partial charge in [-0.15, -0.1) is 0 Å². The minimum Gasteiger partial charge on any atom is -0.459 e. The Morgan fingerprint density at radius 1 is 1.12 bits per heavy atom. The lowest BCUT2D eigenvalue weighted by Crippen LogP contribution is -2.68. The maximum Gasteiger partial charge on any atom is 0.303 e. The van der Waals surface area contributed by atoms with Crippen LogP contribution < -0.4 is 0 Å². The molecule has 0 saturated heterocycles. The van der Waals surface area contributed by atoms with Crippen LogP contribution in [0, 0.1) is 28.6 Å². The van der Waals surface area contributed by atoms with Crippen LogP contribution in [0.4, 0.5) is 0 Å². The number of ketones is 2. The number of carbonyl (C=O) groups excluding carboxylic acids is 3. The van der Waals surface area contributed by atoms with E-state index in [0.717, 1.165) is 19.3 Å². The van der Waals surface area contributed by atoms with Gasteiger partial charge in [-0.05, 0) is 49.9 Å². The third-order valence-corrected chi connectivity index (χ3v) is 8.67. The molecule has 0 aromatic carbocycles. The Kier molecular flexibility index (Phi) is 3.93. The van der Waals surface area contributed by atoms with E-state index in [9.17, 15) is 19.5 Å². The van der Waals surface area contributed by atoms with E-state index in [1.54, 1.807) is 0 Å². The highest BCUT2D eigenvalue weighted by Gasteiger charge is 2.68. The number of aliphatic hydroxyl groups is 1. The van der Waals surface area contributed by atoms with Crippen LogP contribution in [0.5, 0.6) is 0 Å². The van der Waals surface area contributed by atoms with Crippen LogP contribution in [0.15, 0.2) is 0 Å². The minimum atomic E-state index is -1.29. The van der Waals surface area contributed by atoms with E-state index in [0.29, 0.717) is 37.4 Å². The van der Waals surface area contributed by atoms with Gasteiger partial charge in [0, 0.05) is 37.0 Å². The summed E-state index contributed by atoms with van der Waals surface area (Å²) in [5.74, 6) is 0.848. The van der Waals surface area contributed by atoms with Gasteiger partial charge >= 0.3 is 5.97 Å². The quantitative estimate of drug-likeness (QED) is 0.726. The molecule has 4 saturated carbocycles. The molecule has 0 heterocycles. The monoisotopic (exact) mass is 362 g/mol. The average Bonchev–Trinajstić information content (AvgIpc) is 2.85. The number of fused-ring (bicyclic) bond motifs is 5. The van der Waals surface area contributed by atoms with Gasteiger partial charge in [0.25, 0.3) is 0 Å². The SMILES string of the molecule is CC(=O)OC1CC2C3CCC(=O)C3(C)CCC2C2(C)CCC(=O)CC12O. The van der Waals surface area contributed by atoms with Crippen molar-refractivity contribution in [2.45, 2.75) is 83.8 Å². The number of carbonyl (C=O) groups is 3. The van der Waals surface area contributed by atoms with Crippen molar-refractivity contribution < 1.29 is 24.2 Å². The van der Waals surface area contributed by atoms with Gasteiger partial charge in [0.15, 0.2) is 0 Å². The molecule has 5 nitrogen and oxygen atoms in total. The zero-order valence-corrected chi connectivity index (χ0v) is 16.0. The van der Waals surface area contributed by atoms with Gasteiger partial charge in [-0.2, -0.15) is 0 Å². The standard InChI is InChI=1S/C21H30O5/c1-12(22)26-18-10-14-15-4-5-17(24)19(15,2)8-7-16(14)20(3)9-6-13(23)11-21(18,20)25/h14-16,18,25H,4-11H2,1-3H3. The van der Waals surface area contributed by atoms with Crippen LogP contribution in [-0.2, 0) is 19.1 Å². The largest absolute Gasteiger partial charge is 0.459 e. The molecule has 144 valence electrons. The van der Waals surface area contributed by atoms with E-state index in [-0.39, 0.29) is 29.5 Å². The van der Waals surface area contributed by atoms with Gasteiger partial charge < -0.3 is 9.84 Å². The number of ether oxygens (including phenoxy) is 1. The van der Waals surface area contributed by atoms with Crippen LogP contribution in [-0.4, -0.2) is 34.3 Å². The van der Waals surface area contributed by atoms with Crippen LogP contribution in [0.3, 0.4) is 0 Å². The average molecular weight is 362 g/mol. The summed E-state index contributed by atoms with van der Waals surface area (Å²) in [5.41, 5.74) is -2.00. The van der Waals surface area contributed by atoms with E-state index in [4.69, 9.17) is 4.74 Å². The number of esters is 1. The van der Waals surface area contributed by atoms with E-state index in [1.807, 2.05) is 0 Å². The molecule has 4 aliphatic rings. The summed E-state index contributed by atoms with van der Waals surface area (Å²) in [6.45, 7) is 5.56. The summed E-state index contributed by atoms with van der Waals surface area (Å²) in [5, 5.41) is 11.7. The van der Waals surface area contributed by atoms with Crippen LogP contribution >= 0.6 is 0 Å². The Bertz CT molecular complexity index is 671. The first kappa shape index (κ1) is 18.1. The molecular weight excluding hydrogens is 332 g/mol. The van der Waals surface area contributed by atoms with E-state index >= 15 is 0 Å².